The second kappa shape index (κ2) is 5.07. The highest BCUT2D eigenvalue weighted by Crippen LogP contribution is 2.32. The largest absolute Gasteiger partial charge is 0.256 e. The lowest BCUT2D eigenvalue weighted by Crippen LogP contribution is -1.92. The lowest BCUT2D eigenvalue weighted by Gasteiger charge is -2.12. The van der Waals surface area contributed by atoms with Crippen molar-refractivity contribution >= 4 is 0 Å². The van der Waals surface area contributed by atoms with Crippen molar-refractivity contribution in [1.29, 1.82) is 0 Å². The van der Waals surface area contributed by atoms with E-state index in [1.807, 2.05) is 48.7 Å². The number of rotatable bonds is 2. The van der Waals surface area contributed by atoms with E-state index in [1.165, 1.54) is 0 Å². The fourth-order valence-electron chi connectivity index (χ4n) is 2.24. The maximum Gasteiger partial charge on any atom is 0.0783 e. The quantitative estimate of drug-likeness (QED) is 0.642. The third-order valence-electron chi connectivity index (χ3n) is 3.15. The number of pyridine rings is 1. The molecule has 0 fully saturated rings. The van der Waals surface area contributed by atoms with Crippen LogP contribution in [0, 0.1) is 6.92 Å². The third kappa shape index (κ3) is 2.27. The summed E-state index contributed by atoms with van der Waals surface area (Å²) in [5.74, 6) is 0. The van der Waals surface area contributed by atoms with E-state index >= 15 is 0 Å². The first-order chi connectivity index (χ1) is 9.36. The molecule has 0 amide bonds. The van der Waals surface area contributed by atoms with E-state index < -0.39 is 0 Å². The molecule has 0 aliphatic heterocycles. The summed E-state index contributed by atoms with van der Waals surface area (Å²) in [4.78, 5) is 4.55. The van der Waals surface area contributed by atoms with Gasteiger partial charge >= 0.3 is 0 Å². The summed E-state index contributed by atoms with van der Waals surface area (Å²) < 4.78 is 0. The van der Waals surface area contributed by atoms with Crippen LogP contribution in [0.15, 0.2) is 72.9 Å². The first-order valence-electron chi connectivity index (χ1n) is 6.28. The maximum absolute atomic E-state index is 4.55. The molecule has 1 heterocycles. The van der Waals surface area contributed by atoms with Gasteiger partial charge in [0, 0.05) is 17.3 Å². The molecule has 2 aromatic carbocycles. The van der Waals surface area contributed by atoms with Crippen LogP contribution in [0.5, 0.6) is 0 Å². The predicted octanol–water partition coefficient (Wildman–Crippen LogP) is 4.60. The molecular weight excluding hydrogens is 230 g/mol. The van der Waals surface area contributed by atoms with Crippen LogP contribution in [-0.4, -0.2) is 4.98 Å². The van der Waals surface area contributed by atoms with E-state index in [2.05, 4.69) is 36.2 Å². The van der Waals surface area contributed by atoms with E-state index in [0.29, 0.717) is 0 Å². The Hall–Kier alpha value is -2.41. The van der Waals surface area contributed by atoms with Gasteiger partial charge in [-0.2, -0.15) is 0 Å². The highest BCUT2D eigenvalue weighted by Gasteiger charge is 2.10. The molecule has 0 aliphatic carbocycles. The summed E-state index contributed by atoms with van der Waals surface area (Å²) in [5, 5.41) is 0. The van der Waals surface area contributed by atoms with Gasteiger partial charge in [-0.1, -0.05) is 60.7 Å². The Morgan fingerprint density at radius 2 is 1.26 bits per heavy atom. The molecule has 1 aromatic heterocycles. The van der Waals surface area contributed by atoms with E-state index in [4.69, 9.17) is 0 Å². The molecule has 1 nitrogen and oxygen atoms in total. The topological polar surface area (TPSA) is 12.9 Å². The van der Waals surface area contributed by atoms with Crippen molar-refractivity contribution in [1.82, 2.24) is 4.98 Å². The molecule has 0 saturated heterocycles. The standard InChI is InChI=1S/C18H14N/c1-14-12-13-19-18(16-10-6-3-7-11-16)17(14)15-8-4-2-5-9-15/h2-13H,1H2. The zero-order chi connectivity index (χ0) is 13.1. The van der Waals surface area contributed by atoms with Gasteiger partial charge in [0.15, 0.2) is 0 Å². The van der Waals surface area contributed by atoms with Crippen molar-refractivity contribution < 1.29 is 0 Å². The van der Waals surface area contributed by atoms with Crippen LogP contribution in [0.3, 0.4) is 0 Å². The number of hydrogen-bond acceptors (Lipinski definition) is 1. The summed E-state index contributed by atoms with van der Waals surface area (Å²) in [6.07, 6.45) is 1.82. The summed E-state index contributed by atoms with van der Waals surface area (Å²) in [7, 11) is 0. The first-order valence-corrected chi connectivity index (χ1v) is 6.28. The zero-order valence-electron chi connectivity index (χ0n) is 10.6. The highest BCUT2D eigenvalue weighted by atomic mass is 14.7. The van der Waals surface area contributed by atoms with Crippen LogP contribution in [0.25, 0.3) is 22.4 Å². The van der Waals surface area contributed by atoms with Gasteiger partial charge in [-0.05, 0) is 24.1 Å². The van der Waals surface area contributed by atoms with Crippen LogP contribution in [-0.2, 0) is 0 Å². The van der Waals surface area contributed by atoms with Crippen molar-refractivity contribution in [3.05, 3.63) is 85.4 Å². The summed E-state index contributed by atoms with van der Waals surface area (Å²) in [6, 6.07) is 22.5. The predicted molar refractivity (Wildman–Crippen MR) is 79.6 cm³/mol. The number of benzene rings is 2. The fraction of sp³-hybridized carbons (Fsp3) is 0. The Labute approximate surface area is 113 Å². The SMILES string of the molecule is [CH2]c1ccnc(-c2ccccc2)c1-c1ccccc1. The molecule has 0 atom stereocenters. The number of hydrogen-bond donors (Lipinski definition) is 0. The van der Waals surface area contributed by atoms with Gasteiger partial charge in [-0.3, -0.25) is 4.98 Å². The lowest BCUT2D eigenvalue weighted by atomic mass is 9.95. The van der Waals surface area contributed by atoms with E-state index in [9.17, 15) is 0 Å². The second-order valence-corrected chi connectivity index (χ2v) is 4.43. The molecular formula is C18H14N. The van der Waals surface area contributed by atoms with Crippen molar-refractivity contribution in [2.75, 3.05) is 0 Å². The van der Waals surface area contributed by atoms with Gasteiger partial charge in [0.1, 0.15) is 0 Å². The number of aromatic nitrogens is 1. The lowest BCUT2D eigenvalue weighted by molar-refractivity contribution is 1.31. The molecule has 0 unspecified atom stereocenters. The monoisotopic (exact) mass is 244 g/mol. The number of nitrogens with zero attached hydrogens (tertiary/aromatic N) is 1. The Kier molecular flexibility index (Phi) is 3.11. The van der Waals surface area contributed by atoms with Gasteiger partial charge in [0.2, 0.25) is 0 Å². The molecule has 0 N–H and O–H groups in total. The van der Waals surface area contributed by atoms with E-state index in [0.717, 1.165) is 27.9 Å². The van der Waals surface area contributed by atoms with Crippen LogP contribution in [0.1, 0.15) is 5.56 Å². The van der Waals surface area contributed by atoms with Crippen LogP contribution >= 0.6 is 0 Å². The average Bonchev–Trinajstić information content (AvgIpc) is 2.49. The maximum atomic E-state index is 4.55. The average molecular weight is 244 g/mol. The highest BCUT2D eigenvalue weighted by molar-refractivity contribution is 5.83. The summed E-state index contributed by atoms with van der Waals surface area (Å²) in [6.45, 7) is 4.14. The molecule has 1 heteroatoms. The van der Waals surface area contributed by atoms with Gasteiger partial charge < -0.3 is 0 Å². The molecule has 3 rings (SSSR count). The van der Waals surface area contributed by atoms with Crippen molar-refractivity contribution in [2.24, 2.45) is 0 Å². The molecule has 0 bridgehead atoms. The minimum Gasteiger partial charge on any atom is -0.256 e. The molecule has 0 aliphatic rings. The van der Waals surface area contributed by atoms with Gasteiger partial charge in [0.05, 0.1) is 5.69 Å². The first kappa shape index (κ1) is 11.7. The molecule has 0 saturated carbocycles. The Bertz CT molecular complexity index is 673. The van der Waals surface area contributed by atoms with Crippen LogP contribution in [0.2, 0.25) is 0 Å². The summed E-state index contributed by atoms with van der Waals surface area (Å²) >= 11 is 0. The molecule has 3 aromatic rings. The smallest absolute Gasteiger partial charge is 0.0783 e. The van der Waals surface area contributed by atoms with Crippen molar-refractivity contribution in [2.45, 2.75) is 0 Å². The van der Waals surface area contributed by atoms with Crippen LogP contribution < -0.4 is 0 Å². The van der Waals surface area contributed by atoms with Crippen molar-refractivity contribution in [3.8, 4) is 22.4 Å². The van der Waals surface area contributed by atoms with Crippen molar-refractivity contribution in [3.63, 3.8) is 0 Å². The van der Waals surface area contributed by atoms with Crippen LogP contribution in [0.4, 0.5) is 0 Å². The Morgan fingerprint density at radius 1 is 0.684 bits per heavy atom. The Balaban J connectivity index is 2.25. The van der Waals surface area contributed by atoms with E-state index in [1.54, 1.807) is 0 Å². The zero-order valence-corrected chi connectivity index (χ0v) is 10.6. The normalized spacial score (nSPS) is 10.4. The third-order valence-corrected chi connectivity index (χ3v) is 3.15. The molecule has 91 valence electrons. The molecule has 0 spiro atoms. The Morgan fingerprint density at radius 3 is 1.89 bits per heavy atom. The molecule has 19 heavy (non-hydrogen) atoms. The molecule has 1 radical (unpaired) electrons. The van der Waals surface area contributed by atoms with Gasteiger partial charge in [-0.25, -0.2) is 0 Å². The minimum absolute atomic E-state index is 0.985. The fourth-order valence-corrected chi connectivity index (χ4v) is 2.24. The van der Waals surface area contributed by atoms with Gasteiger partial charge in [-0.15, -0.1) is 0 Å². The van der Waals surface area contributed by atoms with E-state index in [-0.39, 0.29) is 0 Å². The van der Waals surface area contributed by atoms with Gasteiger partial charge in [0.25, 0.3) is 0 Å². The minimum atomic E-state index is 0.985. The summed E-state index contributed by atoms with van der Waals surface area (Å²) in [5.41, 5.74) is 5.36. The second-order valence-electron chi connectivity index (χ2n) is 4.43.